The summed E-state index contributed by atoms with van der Waals surface area (Å²) in [6, 6.07) is 7.49. The van der Waals surface area contributed by atoms with Gasteiger partial charge in [0.25, 0.3) is 0 Å². The Labute approximate surface area is 112 Å². The van der Waals surface area contributed by atoms with Crippen LogP contribution in [0, 0.1) is 17.2 Å². The molecule has 3 unspecified atom stereocenters. The van der Waals surface area contributed by atoms with E-state index in [0.717, 1.165) is 18.7 Å². The lowest BCUT2D eigenvalue weighted by Gasteiger charge is -2.20. The molecular formula is C14H15ClN2O. The summed E-state index contributed by atoms with van der Waals surface area (Å²) in [5, 5.41) is 13.0. The van der Waals surface area contributed by atoms with Crippen molar-refractivity contribution >= 4 is 17.3 Å². The second-order valence-electron chi connectivity index (χ2n) is 5.05. The number of nitriles is 1. The molecule has 2 heterocycles. The normalized spacial score (nSPS) is 29.2. The van der Waals surface area contributed by atoms with Gasteiger partial charge in [-0.3, -0.25) is 0 Å². The molecule has 3 nitrogen and oxygen atoms in total. The maximum absolute atomic E-state index is 9.05. The summed E-state index contributed by atoms with van der Waals surface area (Å²) in [5.74, 6) is 0.564. The highest BCUT2D eigenvalue weighted by Crippen LogP contribution is 2.38. The van der Waals surface area contributed by atoms with Crippen LogP contribution in [0.1, 0.15) is 24.8 Å². The number of benzene rings is 1. The summed E-state index contributed by atoms with van der Waals surface area (Å²) >= 11 is 5.96. The van der Waals surface area contributed by atoms with Gasteiger partial charge in [-0.15, -0.1) is 0 Å². The highest BCUT2D eigenvalue weighted by Gasteiger charge is 2.40. The molecule has 1 aromatic carbocycles. The maximum atomic E-state index is 9.05. The van der Waals surface area contributed by atoms with Crippen molar-refractivity contribution in [1.82, 2.24) is 0 Å². The lowest BCUT2D eigenvalue weighted by Crippen LogP contribution is -2.24. The van der Waals surface area contributed by atoms with Crippen LogP contribution in [0.25, 0.3) is 0 Å². The summed E-state index contributed by atoms with van der Waals surface area (Å²) in [4.78, 5) is 0. The molecule has 2 fully saturated rings. The van der Waals surface area contributed by atoms with Crippen LogP contribution in [0.2, 0.25) is 5.02 Å². The molecule has 0 amide bonds. The van der Waals surface area contributed by atoms with Crippen LogP contribution in [0.5, 0.6) is 0 Å². The Morgan fingerprint density at radius 3 is 3.00 bits per heavy atom. The molecule has 2 bridgehead atoms. The third kappa shape index (κ3) is 2.19. The molecule has 2 aliphatic rings. The zero-order chi connectivity index (χ0) is 12.5. The number of anilines is 1. The zero-order valence-corrected chi connectivity index (χ0v) is 10.8. The van der Waals surface area contributed by atoms with Gasteiger partial charge in [-0.2, -0.15) is 5.26 Å². The van der Waals surface area contributed by atoms with Crippen LogP contribution in [0.4, 0.5) is 5.69 Å². The number of halogens is 1. The Bertz CT molecular complexity index is 497. The van der Waals surface area contributed by atoms with Crippen molar-refractivity contribution in [1.29, 1.82) is 5.26 Å². The molecule has 0 radical (unpaired) electrons. The van der Waals surface area contributed by atoms with Crippen LogP contribution in [0.3, 0.4) is 0 Å². The van der Waals surface area contributed by atoms with E-state index in [-0.39, 0.29) is 0 Å². The summed E-state index contributed by atoms with van der Waals surface area (Å²) in [5.41, 5.74) is 1.47. The smallest absolute Gasteiger partial charge is 0.101 e. The third-order valence-corrected chi connectivity index (χ3v) is 4.12. The van der Waals surface area contributed by atoms with Gasteiger partial charge < -0.3 is 10.1 Å². The molecule has 1 aromatic rings. The Hall–Kier alpha value is -1.24. The largest absolute Gasteiger partial charge is 0.384 e. The van der Waals surface area contributed by atoms with E-state index in [2.05, 4.69) is 11.4 Å². The summed E-state index contributed by atoms with van der Waals surface area (Å²) in [7, 11) is 0. The van der Waals surface area contributed by atoms with Crippen molar-refractivity contribution in [2.75, 3.05) is 11.9 Å². The minimum absolute atomic E-state index is 0.409. The molecule has 3 atom stereocenters. The molecule has 1 N–H and O–H groups in total. The van der Waals surface area contributed by atoms with Crippen LogP contribution >= 0.6 is 11.6 Å². The number of hydrogen-bond donors (Lipinski definition) is 1. The second-order valence-corrected chi connectivity index (χ2v) is 5.49. The standard InChI is InChI=1S/C14H15ClN2O/c15-11-2-1-9(7-16)13(6-11)17-8-10-5-12-3-4-14(10)18-12/h1-2,6,10,12,14,17H,3-5,8H2. The van der Waals surface area contributed by atoms with Crippen molar-refractivity contribution in [2.24, 2.45) is 5.92 Å². The average Bonchev–Trinajstić information content (AvgIpc) is 2.98. The van der Waals surface area contributed by atoms with Crippen molar-refractivity contribution in [3.8, 4) is 6.07 Å². The SMILES string of the molecule is N#Cc1ccc(Cl)cc1NCC1CC2CCC1O2. The number of hydrogen-bond acceptors (Lipinski definition) is 3. The fourth-order valence-electron chi connectivity index (χ4n) is 2.96. The van der Waals surface area contributed by atoms with E-state index in [0.29, 0.717) is 28.7 Å². The first-order valence-electron chi connectivity index (χ1n) is 6.35. The number of nitrogens with zero attached hydrogens (tertiary/aromatic N) is 1. The van der Waals surface area contributed by atoms with Crippen molar-refractivity contribution < 1.29 is 4.74 Å². The van der Waals surface area contributed by atoms with Crippen LogP contribution in [-0.4, -0.2) is 18.8 Å². The quantitative estimate of drug-likeness (QED) is 0.910. The lowest BCUT2D eigenvalue weighted by molar-refractivity contribution is 0.0941. The monoisotopic (exact) mass is 262 g/mol. The summed E-state index contributed by atoms with van der Waals surface area (Å²) in [6.45, 7) is 0.857. The predicted octanol–water partition coefficient (Wildman–Crippen LogP) is 3.19. The van der Waals surface area contributed by atoms with Crippen molar-refractivity contribution in [3.05, 3.63) is 28.8 Å². The van der Waals surface area contributed by atoms with Crippen LogP contribution < -0.4 is 5.32 Å². The van der Waals surface area contributed by atoms with Gasteiger partial charge in [0.15, 0.2) is 0 Å². The van der Waals surface area contributed by atoms with Crippen LogP contribution in [-0.2, 0) is 4.74 Å². The van der Waals surface area contributed by atoms with Gasteiger partial charge in [-0.1, -0.05) is 11.6 Å². The Kier molecular flexibility index (Phi) is 3.15. The van der Waals surface area contributed by atoms with E-state index in [1.807, 2.05) is 6.07 Å². The highest BCUT2D eigenvalue weighted by molar-refractivity contribution is 6.30. The van der Waals surface area contributed by atoms with Gasteiger partial charge in [0.2, 0.25) is 0 Å². The number of fused-ring (bicyclic) bond motifs is 2. The summed E-state index contributed by atoms with van der Waals surface area (Å²) in [6.07, 6.45) is 4.41. The molecule has 3 rings (SSSR count). The number of rotatable bonds is 3. The highest BCUT2D eigenvalue weighted by atomic mass is 35.5. The first kappa shape index (κ1) is 11.8. The second kappa shape index (κ2) is 4.79. The topological polar surface area (TPSA) is 45.0 Å². The predicted molar refractivity (Wildman–Crippen MR) is 70.7 cm³/mol. The minimum atomic E-state index is 0.409. The molecule has 0 aromatic heterocycles. The van der Waals surface area contributed by atoms with Crippen LogP contribution in [0.15, 0.2) is 18.2 Å². The van der Waals surface area contributed by atoms with E-state index in [1.165, 1.54) is 12.8 Å². The molecule has 4 heteroatoms. The molecule has 2 aliphatic heterocycles. The van der Waals surface area contributed by atoms with Gasteiger partial charge >= 0.3 is 0 Å². The number of ether oxygens (including phenoxy) is 1. The van der Waals surface area contributed by atoms with Gasteiger partial charge in [0, 0.05) is 17.5 Å². The fourth-order valence-corrected chi connectivity index (χ4v) is 3.13. The zero-order valence-electron chi connectivity index (χ0n) is 10.0. The van der Waals surface area contributed by atoms with E-state index >= 15 is 0 Å². The third-order valence-electron chi connectivity index (χ3n) is 3.89. The van der Waals surface area contributed by atoms with Gasteiger partial charge in [0.1, 0.15) is 6.07 Å². The molecule has 0 spiro atoms. The van der Waals surface area contributed by atoms with Gasteiger partial charge in [-0.25, -0.2) is 0 Å². The molecule has 2 saturated heterocycles. The molecule has 18 heavy (non-hydrogen) atoms. The molecule has 0 aliphatic carbocycles. The average molecular weight is 263 g/mol. The molecule has 94 valence electrons. The molecular weight excluding hydrogens is 248 g/mol. The Morgan fingerprint density at radius 2 is 2.33 bits per heavy atom. The van der Waals surface area contributed by atoms with E-state index < -0.39 is 0 Å². The van der Waals surface area contributed by atoms with Gasteiger partial charge in [0.05, 0.1) is 23.5 Å². The van der Waals surface area contributed by atoms with Gasteiger partial charge in [-0.05, 0) is 37.5 Å². The van der Waals surface area contributed by atoms with E-state index in [9.17, 15) is 0 Å². The Balaban J connectivity index is 1.66. The lowest BCUT2D eigenvalue weighted by atomic mass is 9.89. The number of nitrogens with one attached hydrogen (secondary N) is 1. The van der Waals surface area contributed by atoms with Crippen molar-refractivity contribution in [2.45, 2.75) is 31.5 Å². The maximum Gasteiger partial charge on any atom is 0.101 e. The minimum Gasteiger partial charge on any atom is -0.384 e. The van der Waals surface area contributed by atoms with E-state index in [1.54, 1.807) is 12.1 Å². The first-order valence-corrected chi connectivity index (χ1v) is 6.73. The Morgan fingerprint density at radius 1 is 1.44 bits per heavy atom. The fraction of sp³-hybridized carbons (Fsp3) is 0.500. The molecule has 0 saturated carbocycles. The van der Waals surface area contributed by atoms with E-state index in [4.69, 9.17) is 21.6 Å². The first-order chi connectivity index (χ1) is 8.76. The van der Waals surface area contributed by atoms with Crippen molar-refractivity contribution in [3.63, 3.8) is 0 Å². The summed E-state index contributed by atoms with van der Waals surface area (Å²) < 4.78 is 5.82.